The maximum atomic E-state index is 12.9. The number of esters is 1. The van der Waals surface area contributed by atoms with Gasteiger partial charge in [-0.25, -0.2) is 4.39 Å². The van der Waals surface area contributed by atoms with Gasteiger partial charge in [-0.3, -0.25) is 24.1 Å². The molecule has 0 fully saturated rings. The number of amides is 2. The van der Waals surface area contributed by atoms with Crippen molar-refractivity contribution in [1.82, 2.24) is 4.90 Å². The van der Waals surface area contributed by atoms with Crippen LogP contribution in [0.3, 0.4) is 0 Å². The number of hydrogen-bond acceptors (Lipinski definition) is 5. The lowest BCUT2D eigenvalue weighted by atomic mass is 10.1. The van der Waals surface area contributed by atoms with Crippen LogP contribution >= 0.6 is 46.4 Å². The quantitative estimate of drug-likeness (QED) is 0.189. The molecule has 6 nitrogen and oxygen atoms in total. The third-order valence-electron chi connectivity index (χ3n) is 4.26. The summed E-state index contributed by atoms with van der Waals surface area (Å²) in [6.07, 6.45) is -0.376. The van der Waals surface area contributed by atoms with Crippen LogP contribution in [0, 0.1) is 5.82 Å². The molecule has 0 spiro atoms. The molecule has 0 radical (unpaired) electrons. The molecule has 0 saturated heterocycles. The van der Waals surface area contributed by atoms with E-state index in [-0.39, 0.29) is 49.7 Å². The van der Waals surface area contributed by atoms with Crippen molar-refractivity contribution in [2.24, 2.45) is 0 Å². The fourth-order valence-corrected chi connectivity index (χ4v) is 3.75. The van der Waals surface area contributed by atoms with Gasteiger partial charge in [-0.05, 0) is 24.3 Å². The molecule has 0 saturated carbocycles. The molecule has 0 unspecified atom stereocenters. The molecule has 0 aliphatic carbocycles. The Morgan fingerprint density at radius 1 is 0.867 bits per heavy atom. The molecule has 0 atom stereocenters. The zero-order valence-corrected chi connectivity index (χ0v) is 17.8. The number of halogens is 5. The van der Waals surface area contributed by atoms with Crippen LogP contribution in [0.1, 0.15) is 37.5 Å². The summed E-state index contributed by atoms with van der Waals surface area (Å²) in [4.78, 5) is 49.8. The number of benzene rings is 2. The predicted octanol–water partition coefficient (Wildman–Crippen LogP) is 4.85. The fraction of sp³-hybridized carbons (Fsp3) is 0.158. The van der Waals surface area contributed by atoms with Crippen molar-refractivity contribution >= 4 is 70.0 Å². The van der Waals surface area contributed by atoms with E-state index in [4.69, 9.17) is 51.1 Å². The summed E-state index contributed by atoms with van der Waals surface area (Å²) >= 11 is 23.9. The normalized spacial score (nSPS) is 12.9. The third-order valence-corrected chi connectivity index (χ3v) is 6.06. The van der Waals surface area contributed by atoms with Crippen molar-refractivity contribution in [3.05, 3.63) is 66.9 Å². The first-order valence-electron chi connectivity index (χ1n) is 8.30. The van der Waals surface area contributed by atoms with E-state index < -0.39 is 36.0 Å². The summed E-state index contributed by atoms with van der Waals surface area (Å²) in [5, 5.41) is -0.753. The van der Waals surface area contributed by atoms with Crippen LogP contribution < -0.4 is 0 Å². The van der Waals surface area contributed by atoms with E-state index in [0.29, 0.717) is 0 Å². The molecule has 30 heavy (non-hydrogen) atoms. The van der Waals surface area contributed by atoms with Crippen LogP contribution in [0.4, 0.5) is 4.39 Å². The van der Waals surface area contributed by atoms with E-state index in [1.165, 1.54) is 12.1 Å². The third kappa shape index (κ3) is 4.16. The van der Waals surface area contributed by atoms with Gasteiger partial charge in [-0.15, -0.1) is 0 Å². The SMILES string of the molecule is O=C(CCN1C(=O)c2c(Cl)c(Cl)c(Cl)c(Cl)c2C1=O)OCC(=O)c1ccc(F)cc1. The van der Waals surface area contributed by atoms with E-state index in [0.717, 1.165) is 17.0 Å². The average molecular weight is 493 g/mol. The van der Waals surface area contributed by atoms with Gasteiger partial charge in [0.1, 0.15) is 5.82 Å². The molecule has 0 N–H and O–H groups in total. The molecule has 1 aliphatic heterocycles. The number of ketones is 1. The second-order valence-electron chi connectivity index (χ2n) is 6.11. The van der Waals surface area contributed by atoms with Gasteiger partial charge in [0.15, 0.2) is 12.4 Å². The summed E-state index contributed by atoms with van der Waals surface area (Å²) in [5.74, 6) is -3.43. The summed E-state index contributed by atoms with van der Waals surface area (Å²) in [6, 6.07) is 4.72. The molecule has 2 aromatic carbocycles. The number of hydrogen-bond donors (Lipinski definition) is 0. The van der Waals surface area contributed by atoms with Gasteiger partial charge in [0, 0.05) is 12.1 Å². The molecular formula is C19H10Cl4FNO5. The van der Waals surface area contributed by atoms with Crippen molar-refractivity contribution in [2.45, 2.75) is 6.42 Å². The fourth-order valence-electron chi connectivity index (χ4n) is 2.74. The van der Waals surface area contributed by atoms with Crippen LogP contribution in [0.15, 0.2) is 24.3 Å². The van der Waals surface area contributed by atoms with Crippen molar-refractivity contribution in [3.63, 3.8) is 0 Å². The molecular weight excluding hydrogens is 483 g/mol. The van der Waals surface area contributed by atoms with E-state index in [1.807, 2.05) is 0 Å². The maximum absolute atomic E-state index is 12.9. The average Bonchev–Trinajstić information content (AvgIpc) is 2.97. The summed E-state index contributed by atoms with van der Waals surface area (Å²) in [7, 11) is 0. The van der Waals surface area contributed by atoms with Gasteiger partial charge in [-0.1, -0.05) is 46.4 Å². The van der Waals surface area contributed by atoms with Gasteiger partial charge < -0.3 is 4.74 Å². The highest BCUT2D eigenvalue weighted by molar-refractivity contribution is 6.55. The zero-order chi connectivity index (χ0) is 22.2. The molecule has 1 heterocycles. The van der Waals surface area contributed by atoms with Crippen molar-refractivity contribution in [1.29, 1.82) is 0 Å². The monoisotopic (exact) mass is 491 g/mol. The van der Waals surface area contributed by atoms with E-state index in [1.54, 1.807) is 0 Å². The number of fused-ring (bicyclic) bond motifs is 1. The van der Waals surface area contributed by atoms with Gasteiger partial charge in [-0.2, -0.15) is 0 Å². The van der Waals surface area contributed by atoms with Crippen LogP contribution in [0.25, 0.3) is 0 Å². The molecule has 11 heteroatoms. The first-order valence-corrected chi connectivity index (χ1v) is 9.81. The van der Waals surface area contributed by atoms with E-state index in [9.17, 15) is 23.6 Å². The molecule has 2 aromatic rings. The minimum Gasteiger partial charge on any atom is -0.457 e. The van der Waals surface area contributed by atoms with Gasteiger partial charge in [0.25, 0.3) is 11.8 Å². The number of carbonyl (C=O) groups excluding carboxylic acids is 4. The van der Waals surface area contributed by atoms with Crippen LogP contribution in [-0.2, 0) is 9.53 Å². The lowest BCUT2D eigenvalue weighted by Crippen LogP contribution is -2.32. The number of carbonyl (C=O) groups is 4. The second-order valence-corrected chi connectivity index (χ2v) is 7.62. The van der Waals surface area contributed by atoms with Crippen LogP contribution in [0.2, 0.25) is 20.1 Å². The van der Waals surface area contributed by atoms with Crippen molar-refractivity contribution in [3.8, 4) is 0 Å². The number of rotatable bonds is 6. The standard InChI is InChI=1S/C19H10Cl4FNO5/c20-14-12-13(15(21)17(23)16(14)22)19(29)25(18(12)28)6-5-11(27)30-7-10(26)8-1-3-9(24)4-2-8/h1-4H,5-7H2. The Morgan fingerprint density at radius 2 is 1.37 bits per heavy atom. The first-order chi connectivity index (χ1) is 14.1. The lowest BCUT2D eigenvalue weighted by molar-refractivity contribution is -0.142. The molecule has 0 aromatic heterocycles. The summed E-state index contributed by atoms with van der Waals surface area (Å²) in [5.41, 5.74) is -0.218. The second kappa shape index (κ2) is 8.89. The highest BCUT2D eigenvalue weighted by Gasteiger charge is 2.41. The molecule has 2 amide bonds. The van der Waals surface area contributed by atoms with Gasteiger partial charge >= 0.3 is 5.97 Å². The summed E-state index contributed by atoms with van der Waals surface area (Å²) < 4.78 is 17.7. The topological polar surface area (TPSA) is 80.8 Å². The smallest absolute Gasteiger partial charge is 0.308 e. The Balaban J connectivity index is 1.63. The van der Waals surface area contributed by atoms with E-state index in [2.05, 4.69) is 0 Å². The number of Topliss-reactive ketones (excluding diaryl/α,β-unsaturated/α-hetero) is 1. The number of imide groups is 1. The Labute approximate surface area is 189 Å². The summed E-state index contributed by atoms with van der Waals surface area (Å²) in [6.45, 7) is -0.909. The highest BCUT2D eigenvalue weighted by atomic mass is 35.5. The zero-order valence-electron chi connectivity index (χ0n) is 14.8. The Hall–Kier alpha value is -2.19. The minimum atomic E-state index is -0.824. The molecule has 3 rings (SSSR count). The van der Waals surface area contributed by atoms with Gasteiger partial charge in [0.05, 0.1) is 37.6 Å². The van der Waals surface area contributed by atoms with Crippen LogP contribution in [-0.4, -0.2) is 41.6 Å². The van der Waals surface area contributed by atoms with Crippen LogP contribution in [0.5, 0.6) is 0 Å². The first kappa shape index (κ1) is 22.5. The maximum Gasteiger partial charge on any atom is 0.308 e. The highest BCUT2D eigenvalue weighted by Crippen LogP contribution is 2.44. The Morgan fingerprint density at radius 3 is 1.87 bits per heavy atom. The van der Waals surface area contributed by atoms with E-state index >= 15 is 0 Å². The Kier molecular flexibility index (Phi) is 6.67. The molecule has 1 aliphatic rings. The molecule has 156 valence electrons. The largest absolute Gasteiger partial charge is 0.457 e. The van der Waals surface area contributed by atoms with Gasteiger partial charge in [0.2, 0.25) is 0 Å². The molecule has 0 bridgehead atoms. The number of nitrogens with zero attached hydrogens (tertiary/aromatic N) is 1. The van der Waals surface area contributed by atoms with Crippen molar-refractivity contribution < 1.29 is 28.3 Å². The number of ether oxygens (including phenoxy) is 1. The Bertz CT molecular complexity index is 1040. The minimum absolute atomic E-state index is 0.163. The van der Waals surface area contributed by atoms with Crippen molar-refractivity contribution in [2.75, 3.05) is 13.2 Å². The predicted molar refractivity (Wildman–Crippen MR) is 108 cm³/mol. The lowest BCUT2D eigenvalue weighted by Gasteiger charge is -2.13.